The van der Waals surface area contributed by atoms with Gasteiger partial charge in [0.05, 0.1) is 12.5 Å². The first kappa shape index (κ1) is 14.7. The molecule has 0 atom stereocenters. The van der Waals surface area contributed by atoms with Gasteiger partial charge in [0.25, 0.3) is 0 Å². The van der Waals surface area contributed by atoms with Crippen molar-refractivity contribution in [2.24, 2.45) is 0 Å². The molecule has 0 saturated carbocycles. The number of nitrogens with zero attached hydrogens (tertiary/aromatic N) is 3. The molecule has 1 aromatic heterocycles. The first-order chi connectivity index (χ1) is 11.6. The quantitative estimate of drug-likeness (QED) is 0.870. The number of amides is 1. The van der Waals surface area contributed by atoms with E-state index in [-0.39, 0.29) is 11.9 Å². The number of hydrogen-bond acceptors (Lipinski definition) is 6. The van der Waals surface area contributed by atoms with Crippen LogP contribution < -0.4 is 20.7 Å². The smallest absolute Gasteiger partial charge is 0.235 e. The van der Waals surface area contributed by atoms with E-state index in [0.717, 1.165) is 43.0 Å². The Hall–Kier alpha value is -2.83. The van der Waals surface area contributed by atoms with E-state index < -0.39 is 5.41 Å². The van der Waals surface area contributed by atoms with Gasteiger partial charge in [-0.3, -0.25) is 4.79 Å². The second kappa shape index (κ2) is 5.36. The van der Waals surface area contributed by atoms with Gasteiger partial charge in [-0.25, -0.2) is 0 Å². The van der Waals surface area contributed by atoms with Gasteiger partial charge in [0.1, 0.15) is 5.82 Å². The van der Waals surface area contributed by atoms with Crippen LogP contribution in [0.25, 0.3) is 0 Å². The summed E-state index contributed by atoms with van der Waals surface area (Å²) in [5, 5.41) is 3.02. The molecule has 1 fully saturated rings. The van der Waals surface area contributed by atoms with Crippen molar-refractivity contribution in [2.45, 2.75) is 18.3 Å². The molecule has 3 heterocycles. The highest BCUT2D eigenvalue weighted by molar-refractivity contribution is 6.06. The number of ether oxygens (including phenoxy) is 1. The maximum Gasteiger partial charge on any atom is 0.235 e. The van der Waals surface area contributed by atoms with Crippen molar-refractivity contribution in [3.05, 3.63) is 35.9 Å². The Bertz CT molecular complexity index is 799. The maximum absolute atomic E-state index is 12.6. The van der Waals surface area contributed by atoms with Gasteiger partial charge in [-0.1, -0.05) is 18.2 Å². The number of methoxy groups -OCH3 is 1. The van der Waals surface area contributed by atoms with E-state index in [2.05, 4.69) is 26.3 Å². The average molecular weight is 325 g/mol. The van der Waals surface area contributed by atoms with E-state index in [1.54, 1.807) is 13.2 Å². The van der Waals surface area contributed by atoms with Gasteiger partial charge in [0.15, 0.2) is 0 Å². The summed E-state index contributed by atoms with van der Waals surface area (Å²) in [6.45, 7) is 1.45. The number of nitrogen functional groups attached to an aromatic ring is 1. The first-order valence-electron chi connectivity index (χ1n) is 7.97. The number of carbonyl (C=O) groups excluding carboxylic acids is 1. The number of piperidine rings is 1. The van der Waals surface area contributed by atoms with Crippen LogP contribution in [0.5, 0.6) is 5.88 Å². The molecular formula is C17H19N5O2. The predicted molar refractivity (Wildman–Crippen MR) is 91.2 cm³/mol. The normalized spacial score (nSPS) is 18.4. The van der Waals surface area contributed by atoms with Crippen LogP contribution in [0.15, 0.2) is 30.3 Å². The fourth-order valence-electron chi connectivity index (χ4n) is 3.68. The highest BCUT2D eigenvalue weighted by Gasteiger charge is 2.48. The van der Waals surface area contributed by atoms with Crippen LogP contribution in [0.2, 0.25) is 0 Å². The van der Waals surface area contributed by atoms with Crippen LogP contribution in [0.3, 0.4) is 0 Å². The summed E-state index contributed by atoms with van der Waals surface area (Å²) in [5.41, 5.74) is 7.35. The van der Waals surface area contributed by atoms with Crippen LogP contribution >= 0.6 is 0 Å². The molecule has 0 unspecified atom stereocenters. The summed E-state index contributed by atoms with van der Waals surface area (Å²) in [7, 11) is 1.55. The van der Waals surface area contributed by atoms with Crippen LogP contribution in [0, 0.1) is 0 Å². The minimum absolute atomic E-state index is 0.100. The van der Waals surface area contributed by atoms with Gasteiger partial charge in [0.2, 0.25) is 17.7 Å². The Morgan fingerprint density at radius 2 is 2.00 bits per heavy atom. The predicted octanol–water partition coefficient (Wildman–Crippen LogP) is 1.56. The molecule has 7 heteroatoms. The molecule has 4 rings (SSSR count). The third kappa shape index (κ3) is 2.16. The fourth-order valence-corrected chi connectivity index (χ4v) is 3.68. The maximum atomic E-state index is 12.6. The van der Waals surface area contributed by atoms with Crippen LogP contribution in [0.1, 0.15) is 18.4 Å². The van der Waals surface area contributed by atoms with Crippen molar-refractivity contribution in [3.8, 4) is 5.88 Å². The van der Waals surface area contributed by atoms with Crippen molar-refractivity contribution < 1.29 is 9.53 Å². The number of fused-ring (bicyclic) bond motifs is 2. The van der Waals surface area contributed by atoms with E-state index >= 15 is 0 Å². The molecule has 124 valence electrons. The van der Waals surface area contributed by atoms with Crippen molar-refractivity contribution in [3.63, 3.8) is 0 Å². The number of rotatable bonds is 2. The van der Waals surface area contributed by atoms with Crippen molar-refractivity contribution in [1.29, 1.82) is 0 Å². The molecule has 0 bridgehead atoms. The number of hydrogen-bond donors (Lipinski definition) is 2. The topological polar surface area (TPSA) is 93.4 Å². The highest BCUT2D eigenvalue weighted by Crippen LogP contribution is 2.45. The third-order valence-corrected chi connectivity index (χ3v) is 4.98. The molecule has 1 aromatic carbocycles. The fraction of sp³-hybridized carbons (Fsp3) is 0.353. The Kier molecular flexibility index (Phi) is 3.30. The summed E-state index contributed by atoms with van der Waals surface area (Å²) < 4.78 is 5.16. The molecule has 0 radical (unpaired) electrons. The third-order valence-electron chi connectivity index (χ3n) is 4.98. The second-order valence-corrected chi connectivity index (χ2v) is 6.20. The van der Waals surface area contributed by atoms with Crippen molar-refractivity contribution in [1.82, 2.24) is 9.97 Å². The number of benzene rings is 1. The molecule has 7 nitrogen and oxygen atoms in total. The summed E-state index contributed by atoms with van der Waals surface area (Å²) in [5.74, 6) is 1.47. The SMILES string of the molecule is COc1cc(N2CCC3(CC2)C(=O)Nc2ccccc23)nc(N)n1. The number of para-hydroxylation sites is 1. The van der Waals surface area contributed by atoms with Gasteiger partial charge in [-0.2, -0.15) is 9.97 Å². The lowest BCUT2D eigenvalue weighted by atomic mass is 9.73. The number of anilines is 3. The van der Waals surface area contributed by atoms with E-state index in [9.17, 15) is 4.79 Å². The summed E-state index contributed by atoms with van der Waals surface area (Å²) >= 11 is 0. The van der Waals surface area contributed by atoms with Crippen LogP contribution in [-0.2, 0) is 10.2 Å². The molecule has 1 amide bonds. The zero-order chi connectivity index (χ0) is 16.7. The standard InChI is InChI=1S/C17H19N5O2/c1-24-14-10-13(20-16(18)21-14)22-8-6-17(7-9-22)11-4-2-3-5-12(11)19-15(17)23/h2-5,10H,6-9H2,1H3,(H,19,23)(H2,18,20,21). The highest BCUT2D eigenvalue weighted by atomic mass is 16.5. The number of nitrogens with one attached hydrogen (secondary N) is 1. The lowest BCUT2D eigenvalue weighted by Crippen LogP contribution is -2.46. The van der Waals surface area contributed by atoms with Crippen molar-refractivity contribution in [2.75, 3.05) is 36.1 Å². The zero-order valence-electron chi connectivity index (χ0n) is 13.5. The van der Waals surface area contributed by atoms with Gasteiger partial charge in [-0.15, -0.1) is 0 Å². The summed E-state index contributed by atoms with van der Waals surface area (Å²) in [6, 6.07) is 9.72. The minimum Gasteiger partial charge on any atom is -0.481 e. The van der Waals surface area contributed by atoms with Crippen LogP contribution in [0.4, 0.5) is 17.5 Å². The molecule has 24 heavy (non-hydrogen) atoms. The van der Waals surface area contributed by atoms with Gasteiger partial charge in [-0.05, 0) is 24.5 Å². The minimum atomic E-state index is -0.435. The Balaban J connectivity index is 1.60. The second-order valence-electron chi connectivity index (χ2n) is 6.20. The average Bonchev–Trinajstić information content (AvgIpc) is 2.87. The molecule has 3 N–H and O–H groups in total. The van der Waals surface area contributed by atoms with Gasteiger partial charge in [0, 0.05) is 24.8 Å². The van der Waals surface area contributed by atoms with E-state index in [4.69, 9.17) is 10.5 Å². The van der Waals surface area contributed by atoms with E-state index in [1.807, 2.05) is 18.2 Å². The molecular weight excluding hydrogens is 306 g/mol. The monoisotopic (exact) mass is 325 g/mol. The molecule has 1 spiro atoms. The van der Waals surface area contributed by atoms with Gasteiger partial charge < -0.3 is 20.7 Å². The van der Waals surface area contributed by atoms with Crippen LogP contribution in [-0.4, -0.2) is 36.1 Å². The largest absolute Gasteiger partial charge is 0.481 e. The zero-order valence-corrected chi connectivity index (χ0v) is 13.5. The molecule has 2 aliphatic rings. The van der Waals surface area contributed by atoms with Crippen molar-refractivity contribution >= 4 is 23.4 Å². The van der Waals surface area contributed by atoms with E-state index in [0.29, 0.717) is 5.88 Å². The van der Waals surface area contributed by atoms with Gasteiger partial charge >= 0.3 is 0 Å². The Morgan fingerprint density at radius 3 is 2.75 bits per heavy atom. The molecule has 0 aliphatic carbocycles. The Morgan fingerprint density at radius 1 is 1.25 bits per heavy atom. The molecule has 2 aliphatic heterocycles. The lowest BCUT2D eigenvalue weighted by Gasteiger charge is -2.38. The Labute approximate surface area is 139 Å². The summed E-state index contributed by atoms with van der Waals surface area (Å²) in [4.78, 5) is 23.0. The number of nitrogens with two attached hydrogens (primary N) is 1. The molecule has 2 aromatic rings. The molecule has 1 saturated heterocycles. The summed E-state index contributed by atoms with van der Waals surface area (Å²) in [6.07, 6.45) is 1.48. The first-order valence-corrected chi connectivity index (χ1v) is 7.97. The number of carbonyl (C=O) groups is 1. The number of aromatic nitrogens is 2. The lowest BCUT2D eigenvalue weighted by molar-refractivity contribution is -0.121. The van der Waals surface area contributed by atoms with E-state index in [1.165, 1.54) is 0 Å².